The van der Waals surface area contributed by atoms with Crippen LogP contribution in [0.3, 0.4) is 0 Å². The molecule has 1 heterocycles. The quantitative estimate of drug-likeness (QED) is 0.656. The zero-order valence-electron chi connectivity index (χ0n) is 10.9. The SMILES string of the molecule is COCCNC(C)c1nnnn1C(C)COC. The topological polar surface area (TPSA) is 74.1 Å². The predicted molar refractivity (Wildman–Crippen MR) is 62.7 cm³/mol. The Morgan fingerprint density at radius 1 is 1.29 bits per heavy atom. The molecule has 0 aliphatic carbocycles. The summed E-state index contributed by atoms with van der Waals surface area (Å²) in [6.45, 7) is 6.06. The van der Waals surface area contributed by atoms with Crippen LogP contribution in [0.15, 0.2) is 0 Å². The third kappa shape index (κ3) is 4.03. The van der Waals surface area contributed by atoms with Gasteiger partial charge < -0.3 is 14.8 Å². The van der Waals surface area contributed by atoms with Gasteiger partial charge in [-0.1, -0.05) is 0 Å². The van der Waals surface area contributed by atoms with Crippen molar-refractivity contribution in [3.05, 3.63) is 5.82 Å². The molecule has 0 fully saturated rings. The Morgan fingerprint density at radius 2 is 2.06 bits per heavy atom. The van der Waals surface area contributed by atoms with Crippen LogP contribution < -0.4 is 5.32 Å². The van der Waals surface area contributed by atoms with Crippen molar-refractivity contribution in [2.24, 2.45) is 0 Å². The Morgan fingerprint density at radius 3 is 2.71 bits per heavy atom. The van der Waals surface area contributed by atoms with Gasteiger partial charge in [-0.05, 0) is 24.3 Å². The van der Waals surface area contributed by atoms with E-state index >= 15 is 0 Å². The van der Waals surface area contributed by atoms with Gasteiger partial charge in [-0.25, -0.2) is 4.68 Å². The summed E-state index contributed by atoms with van der Waals surface area (Å²) in [5.74, 6) is 0.811. The smallest absolute Gasteiger partial charge is 0.168 e. The lowest BCUT2D eigenvalue weighted by atomic mass is 10.3. The summed E-state index contributed by atoms with van der Waals surface area (Å²) in [4.78, 5) is 0. The summed E-state index contributed by atoms with van der Waals surface area (Å²) in [5.41, 5.74) is 0. The maximum Gasteiger partial charge on any atom is 0.168 e. The van der Waals surface area contributed by atoms with Crippen molar-refractivity contribution in [1.82, 2.24) is 25.5 Å². The number of rotatable bonds is 8. The van der Waals surface area contributed by atoms with E-state index in [1.54, 1.807) is 18.9 Å². The number of hydrogen-bond acceptors (Lipinski definition) is 6. The highest BCUT2D eigenvalue weighted by atomic mass is 16.5. The second-order valence-electron chi connectivity index (χ2n) is 3.95. The molecule has 2 atom stereocenters. The lowest BCUT2D eigenvalue weighted by molar-refractivity contribution is 0.153. The minimum Gasteiger partial charge on any atom is -0.383 e. The Labute approximate surface area is 101 Å². The van der Waals surface area contributed by atoms with Crippen molar-refractivity contribution in [2.75, 3.05) is 34.0 Å². The van der Waals surface area contributed by atoms with Crippen LogP contribution in [0.1, 0.15) is 31.8 Å². The maximum atomic E-state index is 5.10. The Bertz CT molecular complexity index is 317. The number of tetrazole rings is 1. The van der Waals surface area contributed by atoms with Gasteiger partial charge in [0.1, 0.15) is 0 Å². The summed E-state index contributed by atoms with van der Waals surface area (Å²) in [6, 6.07) is 0.205. The van der Waals surface area contributed by atoms with E-state index in [9.17, 15) is 0 Å². The number of nitrogens with one attached hydrogen (secondary N) is 1. The van der Waals surface area contributed by atoms with Crippen molar-refractivity contribution in [3.63, 3.8) is 0 Å². The summed E-state index contributed by atoms with van der Waals surface area (Å²) in [6.07, 6.45) is 0. The van der Waals surface area contributed by atoms with Gasteiger partial charge in [0.2, 0.25) is 0 Å². The molecule has 0 radical (unpaired) electrons. The molecule has 1 aromatic heterocycles. The molecule has 1 N–H and O–H groups in total. The van der Waals surface area contributed by atoms with Gasteiger partial charge in [-0.2, -0.15) is 0 Å². The molecule has 1 aromatic rings. The van der Waals surface area contributed by atoms with Crippen molar-refractivity contribution in [1.29, 1.82) is 0 Å². The van der Waals surface area contributed by atoms with E-state index in [2.05, 4.69) is 20.8 Å². The second kappa shape index (κ2) is 7.31. The second-order valence-corrected chi connectivity index (χ2v) is 3.95. The van der Waals surface area contributed by atoms with Gasteiger partial charge in [-0.3, -0.25) is 0 Å². The molecule has 17 heavy (non-hydrogen) atoms. The van der Waals surface area contributed by atoms with E-state index in [1.807, 2.05) is 13.8 Å². The molecule has 7 heteroatoms. The van der Waals surface area contributed by atoms with E-state index in [-0.39, 0.29) is 12.1 Å². The zero-order valence-corrected chi connectivity index (χ0v) is 10.9. The average Bonchev–Trinajstić information content (AvgIpc) is 2.78. The highest BCUT2D eigenvalue weighted by molar-refractivity contribution is 4.91. The molecular weight excluding hydrogens is 222 g/mol. The lowest BCUT2D eigenvalue weighted by Crippen LogP contribution is -2.27. The summed E-state index contributed by atoms with van der Waals surface area (Å²) >= 11 is 0. The minimum absolute atomic E-state index is 0.0828. The minimum atomic E-state index is 0.0828. The van der Waals surface area contributed by atoms with Gasteiger partial charge in [0.05, 0.1) is 25.3 Å². The maximum absolute atomic E-state index is 5.10. The molecule has 2 unspecified atom stereocenters. The van der Waals surface area contributed by atoms with Gasteiger partial charge in [0.25, 0.3) is 0 Å². The van der Waals surface area contributed by atoms with Crippen LogP contribution in [0, 0.1) is 0 Å². The Kier molecular flexibility index (Phi) is 6.03. The van der Waals surface area contributed by atoms with Crippen LogP contribution in [-0.4, -0.2) is 54.2 Å². The number of nitrogens with zero attached hydrogens (tertiary/aromatic N) is 4. The van der Waals surface area contributed by atoms with Crippen molar-refractivity contribution in [3.8, 4) is 0 Å². The van der Waals surface area contributed by atoms with Crippen molar-refractivity contribution >= 4 is 0 Å². The molecule has 7 nitrogen and oxygen atoms in total. The largest absolute Gasteiger partial charge is 0.383 e. The van der Waals surface area contributed by atoms with Gasteiger partial charge in [0, 0.05) is 20.8 Å². The first kappa shape index (κ1) is 14.0. The van der Waals surface area contributed by atoms with E-state index in [1.165, 1.54) is 0 Å². The zero-order chi connectivity index (χ0) is 12.7. The van der Waals surface area contributed by atoms with Crippen molar-refractivity contribution in [2.45, 2.75) is 25.9 Å². The van der Waals surface area contributed by atoms with Gasteiger partial charge in [0.15, 0.2) is 5.82 Å². The molecule has 0 amide bonds. The fourth-order valence-corrected chi connectivity index (χ4v) is 1.58. The molecular formula is C10H21N5O2. The van der Waals surface area contributed by atoms with Crippen LogP contribution in [0.5, 0.6) is 0 Å². The third-order valence-corrected chi connectivity index (χ3v) is 2.49. The molecule has 0 aliphatic heterocycles. The standard InChI is InChI=1S/C10H21N5O2/c1-8(7-17-4)15-10(12-13-14-15)9(2)11-5-6-16-3/h8-9,11H,5-7H2,1-4H3. The summed E-state index contributed by atoms with van der Waals surface area (Å²) < 4.78 is 11.9. The summed E-state index contributed by atoms with van der Waals surface area (Å²) in [5, 5.41) is 15.0. The van der Waals surface area contributed by atoms with Gasteiger partial charge >= 0.3 is 0 Å². The number of aromatic nitrogens is 4. The number of hydrogen-bond donors (Lipinski definition) is 1. The van der Waals surface area contributed by atoms with Crippen LogP contribution >= 0.6 is 0 Å². The molecule has 0 saturated heterocycles. The fraction of sp³-hybridized carbons (Fsp3) is 0.900. The van der Waals surface area contributed by atoms with E-state index < -0.39 is 0 Å². The molecule has 0 bridgehead atoms. The highest BCUT2D eigenvalue weighted by Gasteiger charge is 2.17. The monoisotopic (exact) mass is 243 g/mol. The molecule has 98 valence electrons. The Hall–Kier alpha value is -1.05. The van der Waals surface area contributed by atoms with Crippen LogP contribution in [-0.2, 0) is 9.47 Å². The first-order chi connectivity index (χ1) is 8.20. The van der Waals surface area contributed by atoms with E-state index in [0.717, 1.165) is 12.4 Å². The molecule has 1 rings (SSSR count). The van der Waals surface area contributed by atoms with E-state index in [0.29, 0.717) is 13.2 Å². The third-order valence-electron chi connectivity index (χ3n) is 2.49. The van der Waals surface area contributed by atoms with Crippen LogP contribution in [0.25, 0.3) is 0 Å². The number of ether oxygens (including phenoxy) is 2. The van der Waals surface area contributed by atoms with Crippen LogP contribution in [0.2, 0.25) is 0 Å². The average molecular weight is 243 g/mol. The molecule has 0 aliphatic rings. The van der Waals surface area contributed by atoms with Gasteiger partial charge in [-0.15, -0.1) is 5.10 Å². The van der Waals surface area contributed by atoms with E-state index in [4.69, 9.17) is 9.47 Å². The molecule has 0 spiro atoms. The first-order valence-corrected chi connectivity index (χ1v) is 5.69. The Balaban J connectivity index is 2.60. The highest BCUT2D eigenvalue weighted by Crippen LogP contribution is 2.12. The van der Waals surface area contributed by atoms with Crippen molar-refractivity contribution < 1.29 is 9.47 Å². The summed E-state index contributed by atoms with van der Waals surface area (Å²) in [7, 11) is 3.35. The fourth-order valence-electron chi connectivity index (χ4n) is 1.58. The lowest BCUT2D eigenvalue weighted by Gasteiger charge is -2.16. The molecule has 0 saturated carbocycles. The normalized spacial score (nSPS) is 14.8. The number of methoxy groups -OCH3 is 2. The predicted octanol–water partition coefficient (Wildman–Crippen LogP) is 0.178. The van der Waals surface area contributed by atoms with Crippen LogP contribution in [0.4, 0.5) is 0 Å². The molecule has 0 aromatic carbocycles. The first-order valence-electron chi connectivity index (χ1n) is 5.69.